The van der Waals surface area contributed by atoms with E-state index in [4.69, 9.17) is 0 Å². The van der Waals surface area contributed by atoms with Gasteiger partial charge in [-0.25, -0.2) is 0 Å². The standard InChI is InChI=1S/C15H34N2O/c1-9-14(5,6)17(8)13(4)10-15(7,11-18)16-12(2)3/h12-13,16,18H,9-11H2,1-8H3. The lowest BCUT2D eigenvalue weighted by molar-refractivity contribution is 0.0645. The van der Waals surface area contributed by atoms with E-state index in [0.717, 1.165) is 12.8 Å². The Morgan fingerprint density at radius 1 is 1.17 bits per heavy atom. The van der Waals surface area contributed by atoms with Crippen LogP contribution in [0.4, 0.5) is 0 Å². The van der Waals surface area contributed by atoms with E-state index in [1.807, 2.05) is 0 Å². The zero-order chi connectivity index (χ0) is 14.6. The first-order chi connectivity index (χ1) is 8.08. The zero-order valence-corrected chi connectivity index (χ0v) is 13.7. The van der Waals surface area contributed by atoms with Gasteiger partial charge >= 0.3 is 0 Å². The average molecular weight is 258 g/mol. The topological polar surface area (TPSA) is 35.5 Å². The van der Waals surface area contributed by atoms with Crippen LogP contribution in [-0.4, -0.2) is 46.8 Å². The van der Waals surface area contributed by atoms with E-state index in [1.165, 1.54) is 0 Å². The molecular weight excluding hydrogens is 224 g/mol. The number of hydrogen-bond acceptors (Lipinski definition) is 3. The molecule has 0 heterocycles. The highest BCUT2D eigenvalue weighted by atomic mass is 16.3. The van der Waals surface area contributed by atoms with Gasteiger partial charge in [-0.15, -0.1) is 0 Å². The van der Waals surface area contributed by atoms with Crippen molar-refractivity contribution in [2.24, 2.45) is 0 Å². The maximum absolute atomic E-state index is 9.64. The summed E-state index contributed by atoms with van der Waals surface area (Å²) in [6.45, 7) is 15.5. The number of nitrogens with zero attached hydrogens (tertiary/aromatic N) is 1. The Labute approximate surface area is 114 Å². The van der Waals surface area contributed by atoms with Crippen molar-refractivity contribution < 1.29 is 5.11 Å². The van der Waals surface area contributed by atoms with E-state index in [-0.39, 0.29) is 17.7 Å². The summed E-state index contributed by atoms with van der Waals surface area (Å²) in [7, 11) is 2.18. The molecule has 110 valence electrons. The number of aliphatic hydroxyl groups is 1. The van der Waals surface area contributed by atoms with Crippen molar-refractivity contribution in [3.63, 3.8) is 0 Å². The average Bonchev–Trinajstić information content (AvgIpc) is 2.26. The molecule has 0 aromatic heterocycles. The largest absolute Gasteiger partial charge is 0.394 e. The van der Waals surface area contributed by atoms with Gasteiger partial charge in [0.15, 0.2) is 0 Å². The van der Waals surface area contributed by atoms with Crippen LogP contribution in [-0.2, 0) is 0 Å². The van der Waals surface area contributed by atoms with Gasteiger partial charge in [0, 0.05) is 23.2 Å². The first kappa shape index (κ1) is 17.9. The SMILES string of the molecule is CCC(C)(C)N(C)C(C)CC(C)(CO)NC(C)C. The molecule has 2 unspecified atom stereocenters. The molecule has 0 aliphatic heterocycles. The molecule has 18 heavy (non-hydrogen) atoms. The van der Waals surface area contributed by atoms with Crippen LogP contribution in [0.15, 0.2) is 0 Å². The minimum Gasteiger partial charge on any atom is -0.394 e. The third-order valence-electron chi connectivity index (χ3n) is 4.21. The van der Waals surface area contributed by atoms with Gasteiger partial charge < -0.3 is 10.4 Å². The highest BCUT2D eigenvalue weighted by Gasteiger charge is 2.32. The van der Waals surface area contributed by atoms with Crippen LogP contribution in [0.2, 0.25) is 0 Å². The molecule has 2 atom stereocenters. The Bertz CT molecular complexity index is 241. The molecule has 0 fully saturated rings. The smallest absolute Gasteiger partial charge is 0.0611 e. The molecular formula is C15H34N2O. The predicted octanol–water partition coefficient (Wildman–Crippen LogP) is 2.63. The maximum atomic E-state index is 9.64. The van der Waals surface area contributed by atoms with E-state index >= 15 is 0 Å². The summed E-state index contributed by atoms with van der Waals surface area (Å²) in [6.07, 6.45) is 2.07. The van der Waals surface area contributed by atoms with E-state index in [9.17, 15) is 5.11 Å². The van der Waals surface area contributed by atoms with Crippen LogP contribution in [0.1, 0.15) is 61.3 Å². The van der Waals surface area contributed by atoms with Crippen LogP contribution >= 0.6 is 0 Å². The lowest BCUT2D eigenvalue weighted by Crippen LogP contribution is -2.55. The Kier molecular flexibility index (Phi) is 6.83. The van der Waals surface area contributed by atoms with E-state index in [0.29, 0.717) is 12.1 Å². The fourth-order valence-electron chi connectivity index (χ4n) is 2.50. The highest BCUT2D eigenvalue weighted by molar-refractivity contribution is 4.91. The van der Waals surface area contributed by atoms with Crippen molar-refractivity contribution in [1.82, 2.24) is 10.2 Å². The number of nitrogens with one attached hydrogen (secondary N) is 1. The minimum absolute atomic E-state index is 0.177. The summed E-state index contributed by atoms with van der Waals surface area (Å²) in [5.41, 5.74) is -0.000716. The summed E-state index contributed by atoms with van der Waals surface area (Å²) in [6, 6.07) is 0.821. The van der Waals surface area contributed by atoms with Gasteiger partial charge in [-0.05, 0) is 47.6 Å². The zero-order valence-electron chi connectivity index (χ0n) is 13.7. The van der Waals surface area contributed by atoms with E-state index in [1.54, 1.807) is 0 Å². The van der Waals surface area contributed by atoms with Crippen molar-refractivity contribution in [2.45, 2.75) is 84.5 Å². The van der Waals surface area contributed by atoms with Crippen molar-refractivity contribution in [3.8, 4) is 0 Å². The van der Waals surface area contributed by atoms with Gasteiger partial charge in [-0.1, -0.05) is 20.8 Å². The molecule has 0 aliphatic carbocycles. The molecule has 0 bridgehead atoms. The van der Waals surface area contributed by atoms with Crippen molar-refractivity contribution in [1.29, 1.82) is 0 Å². The van der Waals surface area contributed by atoms with Crippen molar-refractivity contribution in [2.75, 3.05) is 13.7 Å². The summed E-state index contributed by atoms with van der Waals surface area (Å²) in [5.74, 6) is 0. The van der Waals surface area contributed by atoms with Crippen LogP contribution in [0.3, 0.4) is 0 Å². The normalized spacial score (nSPS) is 18.2. The van der Waals surface area contributed by atoms with Crippen molar-refractivity contribution in [3.05, 3.63) is 0 Å². The number of rotatable bonds is 8. The quantitative estimate of drug-likeness (QED) is 0.702. The van der Waals surface area contributed by atoms with Crippen LogP contribution < -0.4 is 5.32 Å². The van der Waals surface area contributed by atoms with E-state index in [2.05, 4.69) is 65.7 Å². The van der Waals surface area contributed by atoms with Crippen molar-refractivity contribution >= 4 is 0 Å². The Morgan fingerprint density at radius 3 is 2.00 bits per heavy atom. The molecule has 3 heteroatoms. The molecule has 0 amide bonds. The minimum atomic E-state index is -0.203. The number of hydrogen-bond donors (Lipinski definition) is 2. The molecule has 0 saturated carbocycles. The number of aliphatic hydroxyl groups excluding tert-OH is 1. The second kappa shape index (κ2) is 6.88. The van der Waals surface area contributed by atoms with Crippen LogP contribution in [0, 0.1) is 0 Å². The second-order valence-electron chi connectivity index (χ2n) is 6.85. The first-order valence-corrected chi connectivity index (χ1v) is 7.19. The Balaban J connectivity index is 4.66. The third kappa shape index (κ3) is 5.25. The predicted molar refractivity (Wildman–Crippen MR) is 80.0 cm³/mol. The fourth-order valence-corrected chi connectivity index (χ4v) is 2.50. The molecule has 0 aliphatic rings. The van der Waals surface area contributed by atoms with Gasteiger partial charge in [0.05, 0.1) is 6.61 Å². The summed E-state index contributed by atoms with van der Waals surface area (Å²) < 4.78 is 0. The van der Waals surface area contributed by atoms with Gasteiger partial charge in [0.1, 0.15) is 0 Å². The molecule has 0 radical (unpaired) electrons. The van der Waals surface area contributed by atoms with Gasteiger partial charge in [0.25, 0.3) is 0 Å². The van der Waals surface area contributed by atoms with Crippen LogP contribution in [0.5, 0.6) is 0 Å². The molecule has 0 rings (SSSR count). The maximum Gasteiger partial charge on any atom is 0.0611 e. The lowest BCUT2D eigenvalue weighted by atomic mass is 9.90. The molecule has 3 nitrogen and oxygen atoms in total. The van der Waals surface area contributed by atoms with Gasteiger partial charge in [0.2, 0.25) is 0 Å². The van der Waals surface area contributed by atoms with Gasteiger partial charge in [-0.2, -0.15) is 0 Å². The molecule has 0 aromatic rings. The Hall–Kier alpha value is -0.120. The molecule has 0 saturated heterocycles. The first-order valence-electron chi connectivity index (χ1n) is 7.19. The molecule has 2 N–H and O–H groups in total. The van der Waals surface area contributed by atoms with Crippen LogP contribution in [0.25, 0.3) is 0 Å². The fraction of sp³-hybridized carbons (Fsp3) is 1.00. The third-order valence-corrected chi connectivity index (χ3v) is 4.21. The highest BCUT2D eigenvalue weighted by Crippen LogP contribution is 2.24. The summed E-state index contributed by atoms with van der Waals surface area (Å²) in [4.78, 5) is 2.42. The monoisotopic (exact) mass is 258 g/mol. The molecule has 0 spiro atoms. The summed E-state index contributed by atoms with van der Waals surface area (Å²) in [5, 5.41) is 13.1. The van der Waals surface area contributed by atoms with E-state index < -0.39 is 0 Å². The lowest BCUT2D eigenvalue weighted by Gasteiger charge is -2.43. The Morgan fingerprint density at radius 2 is 1.67 bits per heavy atom. The summed E-state index contributed by atoms with van der Waals surface area (Å²) >= 11 is 0. The van der Waals surface area contributed by atoms with Gasteiger partial charge in [-0.3, -0.25) is 4.90 Å². The molecule has 0 aromatic carbocycles. The second-order valence-corrected chi connectivity index (χ2v) is 6.85.